The smallest absolute Gasteiger partial charge is 0.288 e. The van der Waals surface area contributed by atoms with E-state index in [0.717, 1.165) is 12.8 Å². The topological polar surface area (TPSA) is 3.24 Å². The average molecular weight is 326 g/mol. The molecule has 0 saturated heterocycles. The summed E-state index contributed by atoms with van der Waals surface area (Å²) in [6.45, 7) is -0.830. The molecule has 1 aromatic carbocycles. The highest BCUT2D eigenvalue weighted by molar-refractivity contribution is 9.10. The highest BCUT2D eigenvalue weighted by atomic mass is 79.9. The first-order valence-corrected chi connectivity index (χ1v) is 6.40. The number of benzene rings is 1. The number of hydrogen-bond acceptors (Lipinski definition) is 1. The van der Waals surface area contributed by atoms with Gasteiger partial charge in [0.1, 0.15) is 5.82 Å². The highest BCUT2D eigenvalue weighted by Crippen LogP contribution is 2.32. The summed E-state index contributed by atoms with van der Waals surface area (Å²) >= 11 is 3.07. The fourth-order valence-electron chi connectivity index (χ4n) is 1.87. The third-order valence-electron chi connectivity index (χ3n) is 2.85. The van der Waals surface area contributed by atoms with Crippen molar-refractivity contribution in [1.82, 2.24) is 4.90 Å². The Morgan fingerprint density at radius 1 is 1.28 bits per heavy atom. The molecule has 6 heteroatoms. The van der Waals surface area contributed by atoms with Gasteiger partial charge in [-0.15, -0.1) is 0 Å². The van der Waals surface area contributed by atoms with Gasteiger partial charge in [-0.2, -0.15) is 13.2 Å². The van der Waals surface area contributed by atoms with Gasteiger partial charge in [-0.3, -0.25) is 4.90 Å². The van der Waals surface area contributed by atoms with Crippen LogP contribution in [0.2, 0.25) is 0 Å². The molecule has 100 valence electrons. The molecule has 1 aromatic rings. The molecule has 0 N–H and O–H groups in total. The second-order valence-corrected chi connectivity index (χ2v) is 5.26. The lowest BCUT2D eigenvalue weighted by Gasteiger charge is -2.24. The molecule has 0 spiro atoms. The van der Waals surface area contributed by atoms with Gasteiger partial charge in [-0.25, -0.2) is 4.39 Å². The Kier molecular flexibility index (Phi) is 3.96. The maximum atomic E-state index is 13.3. The summed E-state index contributed by atoms with van der Waals surface area (Å²) in [7, 11) is 0. The van der Waals surface area contributed by atoms with E-state index in [9.17, 15) is 17.6 Å². The minimum atomic E-state index is -4.22. The number of hydrogen-bond donors (Lipinski definition) is 0. The van der Waals surface area contributed by atoms with Gasteiger partial charge in [0.15, 0.2) is 0 Å². The zero-order valence-corrected chi connectivity index (χ0v) is 11.1. The zero-order valence-electron chi connectivity index (χ0n) is 9.47. The molecule has 0 atom stereocenters. The van der Waals surface area contributed by atoms with Crippen molar-refractivity contribution in [3.8, 4) is 0 Å². The van der Waals surface area contributed by atoms with Crippen LogP contribution in [0.25, 0.3) is 0 Å². The predicted octanol–water partition coefficient (Wildman–Crippen LogP) is 4.11. The molecular weight excluding hydrogens is 314 g/mol. The Bertz CT molecular complexity index is 429. The molecular formula is C12H12BrF4N. The summed E-state index contributed by atoms with van der Waals surface area (Å²) in [5, 5.41) is 0. The molecule has 0 heterocycles. The lowest BCUT2D eigenvalue weighted by atomic mass is 10.2. The summed E-state index contributed by atoms with van der Waals surface area (Å²) < 4.78 is 50.9. The van der Waals surface area contributed by atoms with Crippen LogP contribution in [-0.4, -0.2) is 23.7 Å². The van der Waals surface area contributed by atoms with E-state index < -0.39 is 18.5 Å². The molecule has 0 radical (unpaired) electrons. The summed E-state index contributed by atoms with van der Waals surface area (Å²) in [6, 6.07) is 4.40. The molecule has 0 aliphatic heterocycles. The predicted molar refractivity (Wildman–Crippen MR) is 63.6 cm³/mol. The van der Waals surface area contributed by atoms with E-state index in [-0.39, 0.29) is 17.1 Å². The maximum Gasteiger partial charge on any atom is 0.401 e. The van der Waals surface area contributed by atoms with E-state index in [1.54, 1.807) is 6.07 Å². The van der Waals surface area contributed by atoms with E-state index in [2.05, 4.69) is 15.9 Å². The van der Waals surface area contributed by atoms with Crippen molar-refractivity contribution in [3.05, 3.63) is 34.1 Å². The summed E-state index contributed by atoms with van der Waals surface area (Å²) in [4.78, 5) is 1.36. The highest BCUT2D eigenvalue weighted by Gasteiger charge is 2.38. The van der Waals surface area contributed by atoms with Crippen LogP contribution in [0.3, 0.4) is 0 Å². The van der Waals surface area contributed by atoms with Crippen LogP contribution in [0, 0.1) is 5.82 Å². The zero-order chi connectivity index (χ0) is 13.3. The standard InChI is InChI=1S/C12H12BrF4N/c13-11-8(2-1-3-10(11)14)6-18(9-4-5-9)7-12(15,16)17/h1-3,9H,4-7H2. The van der Waals surface area contributed by atoms with E-state index in [1.165, 1.54) is 17.0 Å². The number of alkyl halides is 3. The molecule has 1 fully saturated rings. The van der Waals surface area contributed by atoms with Crippen LogP contribution < -0.4 is 0 Å². The van der Waals surface area contributed by atoms with Gasteiger partial charge in [-0.1, -0.05) is 12.1 Å². The van der Waals surface area contributed by atoms with Crippen LogP contribution in [0.1, 0.15) is 18.4 Å². The lowest BCUT2D eigenvalue weighted by Crippen LogP contribution is -2.35. The van der Waals surface area contributed by atoms with Crippen molar-refractivity contribution in [3.63, 3.8) is 0 Å². The summed E-state index contributed by atoms with van der Waals surface area (Å²) in [5.74, 6) is -0.449. The molecule has 0 unspecified atom stereocenters. The molecule has 1 aliphatic rings. The Morgan fingerprint density at radius 3 is 2.50 bits per heavy atom. The maximum absolute atomic E-state index is 13.3. The Labute approximate surface area is 111 Å². The lowest BCUT2D eigenvalue weighted by molar-refractivity contribution is -0.148. The Morgan fingerprint density at radius 2 is 1.94 bits per heavy atom. The number of rotatable bonds is 4. The third kappa shape index (κ3) is 3.68. The van der Waals surface area contributed by atoms with Crippen molar-refractivity contribution in [1.29, 1.82) is 0 Å². The van der Waals surface area contributed by atoms with Crippen LogP contribution in [-0.2, 0) is 6.54 Å². The van der Waals surface area contributed by atoms with Crippen molar-refractivity contribution in [2.24, 2.45) is 0 Å². The average Bonchev–Trinajstić information content (AvgIpc) is 3.05. The van der Waals surface area contributed by atoms with E-state index in [1.807, 2.05) is 0 Å². The second kappa shape index (κ2) is 5.17. The van der Waals surface area contributed by atoms with E-state index >= 15 is 0 Å². The van der Waals surface area contributed by atoms with Crippen molar-refractivity contribution >= 4 is 15.9 Å². The van der Waals surface area contributed by atoms with E-state index in [0.29, 0.717) is 5.56 Å². The van der Waals surface area contributed by atoms with Gasteiger partial charge in [0.2, 0.25) is 0 Å². The van der Waals surface area contributed by atoms with Gasteiger partial charge in [0.05, 0.1) is 11.0 Å². The van der Waals surface area contributed by atoms with Crippen LogP contribution in [0.15, 0.2) is 22.7 Å². The normalized spacial score (nSPS) is 16.3. The quantitative estimate of drug-likeness (QED) is 0.753. The first-order chi connectivity index (χ1) is 8.37. The third-order valence-corrected chi connectivity index (χ3v) is 3.74. The fourth-order valence-corrected chi connectivity index (χ4v) is 2.26. The van der Waals surface area contributed by atoms with Crippen LogP contribution in [0.4, 0.5) is 17.6 Å². The molecule has 1 saturated carbocycles. The second-order valence-electron chi connectivity index (χ2n) is 4.46. The SMILES string of the molecule is Fc1cccc(CN(CC(F)(F)F)C2CC2)c1Br. The molecule has 0 amide bonds. The molecule has 18 heavy (non-hydrogen) atoms. The Hall–Kier alpha value is -0.620. The molecule has 0 aromatic heterocycles. The summed E-state index contributed by atoms with van der Waals surface area (Å²) in [5.41, 5.74) is 0.547. The van der Waals surface area contributed by atoms with Gasteiger partial charge < -0.3 is 0 Å². The molecule has 0 bridgehead atoms. The van der Waals surface area contributed by atoms with Gasteiger partial charge in [0, 0.05) is 12.6 Å². The van der Waals surface area contributed by atoms with Gasteiger partial charge >= 0.3 is 6.18 Å². The van der Waals surface area contributed by atoms with Crippen molar-refractivity contribution < 1.29 is 17.6 Å². The molecule has 1 nitrogen and oxygen atoms in total. The van der Waals surface area contributed by atoms with E-state index in [4.69, 9.17) is 0 Å². The Balaban J connectivity index is 2.11. The van der Waals surface area contributed by atoms with Crippen LogP contribution in [0.5, 0.6) is 0 Å². The molecule has 1 aliphatic carbocycles. The van der Waals surface area contributed by atoms with Crippen molar-refractivity contribution in [2.75, 3.05) is 6.54 Å². The fraction of sp³-hybridized carbons (Fsp3) is 0.500. The van der Waals surface area contributed by atoms with Gasteiger partial charge in [0.25, 0.3) is 0 Å². The van der Waals surface area contributed by atoms with Gasteiger partial charge in [-0.05, 0) is 40.4 Å². The first-order valence-electron chi connectivity index (χ1n) is 5.60. The minimum absolute atomic E-state index is 0.0261. The first kappa shape index (κ1) is 13.8. The summed E-state index contributed by atoms with van der Waals surface area (Å²) in [6.07, 6.45) is -2.66. The number of halogens is 5. The minimum Gasteiger partial charge on any atom is -0.288 e. The van der Waals surface area contributed by atoms with Crippen molar-refractivity contribution in [2.45, 2.75) is 31.6 Å². The number of nitrogens with zero attached hydrogens (tertiary/aromatic N) is 1. The molecule has 2 rings (SSSR count). The largest absolute Gasteiger partial charge is 0.401 e. The monoisotopic (exact) mass is 325 g/mol. The van der Waals surface area contributed by atoms with Crippen LogP contribution >= 0.6 is 15.9 Å².